The Labute approximate surface area is 166 Å². The monoisotopic (exact) mass is 397 g/mol. The second-order valence-electron chi connectivity index (χ2n) is 6.95. The van der Waals surface area contributed by atoms with Gasteiger partial charge in [0.2, 0.25) is 0 Å². The summed E-state index contributed by atoms with van der Waals surface area (Å²) in [5, 5.41) is 12.3. The first-order valence-corrected chi connectivity index (χ1v) is 9.29. The van der Waals surface area contributed by atoms with Crippen LogP contribution in [0.3, 0.4) is 0 Å². The number of nitrogens with one attached hydrogen (secondary N) is 2. The molecular weight excluding hydrogens is 374 g/mol. The average Bonchev–Trinajstić information content (AvgIpc) is 2.65. The zero-order valence-corrected chi connectivity index (χ0v) is 16.4. The van der Waals surface area contributed by atoms with Crippen molar-refractivity contribution in [2.24, 2.45) is 5.92 Å². The number of aromatic amines is 1. The summed E-state index contributed by atoms with van der Waals surface area (Å²) in [6, 6.07) is 3.86. The van der Waals surface area contributed by atoms with Gasteiger partial charge in [-0.25, -0.2) is 9.78 Å². The fourth-order valence-electron chi connectivity index (χ4n) is 3.19. The van der Waals surface area contributed by atoms with E-state index in [4.69, 9.17) is 5.11 Å². The quantitative estimate of drug-likeness (QED) is 0.294. The molecule has 2 heterocycles. The molecule has 1 aromatic carbocycles. The molecule has 3 rings (SSSR count). The minimum atomic E-state index is -0.903. The minimum absolute atomic E-state index is 0.109. The van der Waals surface area contributed by atoms with Crippen LogP contribution in [0.1, 0.15) is 17.5 Å². The molecule has 2 aliphatic rings. The van der Waals surface area contributed by atoms with Crippen molar-refractivity contribution in [1.29, 1.82) is 0 Å². The van der Waals surface area contributed by atoms with Crippen LogP contribution >= 0.6 is 0 Å². The van der Waals surface area contributed by atoms with E-state index in [-0.39, 0.29) is 11.5 Å². The summed E-state index contributed by atoms with van der Waals surface area (Å²) in [7, 11) is 0. The fraction of sp³-hybridized carbons (Fsp3) is 0.350. The van der Waals surface area contributed by atoms with Gasteiger partial charge in [-0.2, -0.15) is 4.98 Å². The van der Waals surface area contributed by atoms with Gasteiger partial charge in [0.15, 0.2) is 11.5 Å². The molecule has 0 saturated heterocycles. The third-order valence-electron chi connectivity index (χ3n) is 4.97. The lowest BCUT2D eigenvalue weighted by Gasteiger charge is -2.18. The Hall–Kier alpha value is -3.33. The second kappa shape index (κ2) is 8.36. The van der Waals surface area contributed by atoms with Crippen molar-refractivity contribution < 1.29 is 9.90 Å². The standard InChI is InChI=1S/C20H23N5O4/c1-4-13(19(27)28)5-6-21-7-8-25-15-10-12(3)11(2)9-14(15)22-16-17(25)23-20(29)24-18(16)26/h4,9-10,13,21H,1,5-8H2,2-3H3,(H,27,28)(H,24,26,29)/t13-/m0/s1. The number of aryl methyl sites for hydroxylation is 2. The number of carboxylic acids is 1. The van der Waals surface area contributed by atoms with Crippen LogP contribution in [-0.2, 0) is 11.3 Å². The highest BCUT2D eigenvalue weighted by Gasteiger charge is 2.19. The lowest BCUT2D eigenvalue weighted by Crippen LogP contribution is -2.31. The highest BCUT2D eigenvalue weighted by atomic mass is 16.4. The molecule has 29 heavy (non-hydrogen) atoms. The zero-order chi connectivity index (χ0) is 21.1. The van der Waals surface area contributed by atoms with E-state index in [0.29, 0.717) is 31.6 Å². The summed E-state index contributed by atoms with van der Waals surface area (Å²) in [5.41, 5.74) is 2.34. The van der Waals surface area contributed by atoms with Crippen molar-refractivity contribution in [3.05, 3.63) is 56.8 Å². The molecular formula is C20H23N5O4. The van der Waals surface area contributed by atoms with Gasteiger partial charge < -0.3 is 15.0 Å². The smallest absolute Gasteiger partial charge is 0.349 e. The predicted molar refractivity (Wildman–Crippen MR) is 109 cm³/mol. The van der Waals surface area contributed by atoms with Crippen LogP contribution in [-0.4, -0.2) is 43.7 Å². The Morgan fingerprint density at radius 3 is 2.69 bits per heavy atom. The number of H-pyrrole nitrogens is 1. The van der Waals surface area contributed by atoms with Crippen LogP contribution < -0.4 is 16.6 Å². The topological polar surface area (TPSA) is 130 Å². The van der Waals surface area contributed by atoms with Crippen LogP contribution in [0.15, 0.2) is 34.4 Å². The lowest BCUT2D eigenvalue weighted by molar-refractivity contribution is -0.140. The molecule has 9 heteroatoms. The molecule has 0 aliphatic carbocycles. The maximum atomic E-state index is 12.2. The highest BCUT2D eigenvalue weighted by molar-refractivity contribution is 5.81. The number of benzene rings is 1. The van der Waals surface area contributed by atoms with Gasteiger partial charge in [0.25, 0.3) is 5.56 Å². The molecule has 0 fully saturated rings. The number of carboxylic acid groups (broad SMARTS) is 1. The van der Waals surface area contributed by atoms with E-state index in [2.05, 4.69) is 26.8 Å². The molecule has 0 aromatic heterocycles. The molecule has 1 aromatic rings. The molecule has 0 radical (unpaired) electrons. The van der Waals surface area contributed by atoms with Crippen molar-refractivity contribution in [2.75, 3.05) is 13.1 Å². The van der Waals surface area contributed by atoms with Crippen LogP contribution in [0.5, 0.6) is 0 Å². The van der Waals surface area contributed by atoms with Gasteiger partial charge in [0.05, 0.1) is 17.0 Å². The van der Waals surface area contributed by atoms with E-state index in [9.17, 15) is 14.4 Å². The Morgan fingerprint density at radius 2 is 2.00 bits per heavy atom. The maximum Gasteiger partial charge on any atom is 0.349 e. The van der Waals surface area contributed by atoms with Crippen LogP contribution in [0.4, 0.5) is 0 Å². The largest absolute Gasteiger partial charge is 0.481 e. The first-order valence-electron chi connectivity index (χ1n) is 9.29. The van der Waals surface area contributed by atoms with Crippen molar-refractivity contribution in [3.8, 4) is 11.5 Å². The Balaban J connectivity index is 1.93. The summed E-state index contributed by atoms with van der Waals surface area (Å²) < 4.78 is 1.80. The van der Waals surface area contributed by atoms with Gasteiger partial charge in [-0.15, -0.1) is 6.58 Å². The van der Waals surface area contributed by atoms with Crippen LogP contribution in [0.2, 0.25) is 0 Å². The van der Waals surface area contributed by atoms with E-state index in [0.717, 1.165) is 16.6 Å². The molecule has 152 valence electrons. The van der Waals surface area contributed by atoms with E-state index in [1.807, 2.05) is 26.0 Å². The second-order valence-corrected chi connectivity index (χ2v) is 6.95. The molecule has 0 bridgehead atoms. The highest BCUT2D eigenvalue weighted by Crippen LogP contribution is 2.23. The summed E-state index contributed by atoms with van der Waals surface area (Å²) in [6.07, 6.45) is 1.84. The SMILES string of the molecule is C=C[C@@H](CCNCCn1c2nc(=O)[nH]c(=O)c-2nc2cc(C)c(C)cc21)C(=O)O. The van der Waals surface area contributed by atoms with Crippen molar-refractivity contribution in [3.63, 3.8) is 0 Å². The Kier molecular flexibility index (Phi) is 5.88. The number of aromatic nitrogens is 4. The fourth-order valence-corrected chi connectivity index (χ4v) is 3.19. The maximum absolute atomic E-state index is 12.2. The van der Waals surface area contributed by atoms with Gasteiger partial charge in [-0.05, 0) is 50.1 Å². The van der Waals surface area contributed by atoms with Gasteiger partial charge in [-0.3, -0.25) is 14.6 Å². The molecule has 9 nitrogen and oxygen atoms in total. The summed E-state index contributed by atoms with van der Waals surface area (Å²) in [4.78, 5) is 45.6. The van der Waals surface area contributed by atoms with Gasteiger partial charge in [0, 0.05) is 13.1 Å². The predicted octanol–water partition coefficient (Wildman–Crippen LogP) is 1.07. The number of hydrogen-bond acceptors (Lipinski definition) is 6. The first kappa shape index (κ1) is 20.4. The normalized spacial score (nSPS) is 12.3. The Morgan fingerprint density at radius 1 is 1.28 bits per heavy atom. The number of carbonyl (C=O) groups is 1. The summed E-state index contributed by atoms with van der Waals surface area (Å²) >= 11 is 0. The van der Waals surface area contributed by atoms with Gasteiger partial charge in [0.1, 0.15) is 0 Å². The average molecular weight is 397 g/mol. The summed E-state index contributed by atoms with van der Waals surface area (Å²) in [6.45, 7) is 8.90. The van der Waals surface area contributed by atoms with Crippen molar-refractivity contribution >= 4 is 17.0 Å². The zero-order valence-electron chi connectivity index (χ0n) is 16.4. The molecule has 1 atom stereocenters. The summed E-state index contributed by atoms with van der Waals surface area (Å²) in [5.74, 6) is -1.28. The number of hydrogen-bond donors (Lipinski definition) is 3. The van der Waals surface area contributed by atoms with E-state index in [1.165, 1.54) is 6.08 Å². The third kappa shape index (κ3) is 4.24. The molecule has 2 aliphatic heterocycles. The lowest BCUT2D eigenvalue weighted by atomic mass is 10.1. The van der Waals surface area contributed by atoms with Crippen molar-refractivity contribution in [2.45, 2.75) is 26.8 Å². The number of fused-ring (bicyclic) bond motifs is 2. The molecule has 3 N–H and O–H groups in total. The van der Waals surface area contributed by atoms with Gasteiger partial charge in [-0.1, -0.05) is 6.08 Å². The van der Waals surface area contributed by atoms with Crippen molar-refractivity contribution in [1.82, 2.24) is 24.8 Å². The Bertz CT molecular complexity index is 1160. The van der Waals surface area contributed by atoms with E-state index in [1.54, 1.807) is 4.57 Å². The molecule has 0 unspecified atom stereocenters. The number of aliphatic carboxylic acids is 1. The van der Waals surface area contributed by atoms with Crippen LogP contribution in [0.25, 0.3) is 22.6 Å². The third-order valence-corrected chi connectivity index (χ3v) is 4.97. The number of rotatable bonds is 8. The van der Waals surface area contributed by atoms with Crippen LogP contribution in [0, 0.1) is 19.8 Å². The van der Waals surface area contributed by atoms with E-state index < -0.39 is 23.1 Å². The minimum Gasteiger partial charge on any atom is -0.481 e. The molecule has 0 spiro atoms. The van der Waals surface area contributed by atoms with E-state index >= 15 is 0 Å². The molecule has 0 amide bonds. The number of nitrogens with zero attached hydrogens (tertiary/aromatic N) is 3. The van der Waals surface area contributed by atoms with Gasteiger partial charge >= 0.3 is 11.7 Å². The molecule has 0 saturated carbocycles. The first-order chi connectivity index (χ1) is 13.8.